The lowest BCUT2D eigenvalue weighted by Crippen LogP contribution is -2.36. The van der Waals surface area contributed by atoms with Crippen LogP contribution in [0.25, 0.3) is 0 Å². The van der Waals surface area contributed by atoms with E-state index < -0.39 is 0 Å². The van der Waals surface area contributed by atoms with Crippen LogP contribution < -0.4 is 5.32 Å². The largest absolute Gasteiger partial charge is 0.382 e. The van der Waals surface area contributed by atoms with E-state index in [0.717, 1.165) is 0 Å². The predicted octanol–water partition coefficient (Wildman–Crippen LogP) is 1.79. The number of rotatable bonds is 4. The molecule has 0 saturated carbocycles. The first-order valence-electron chi connectivity index (χ1n) is 4.72. The Bertz CT molecular complexity index is 368. The van der Waals surface area contributed by atoms with Crippen LogP contribution in [0.3, 0.4) is 0 Å². The molecule has 15 heavy (non-hydrogen) atoms. The van der Waals surface area contributed by atoms with E-state index in [1.54, 1.807) is 19.2 Å². The van der Waals surface area contributed by atoms with E-state index in [4.69, 9.17) is 10.00 Å². The van der Waals surface area contributed by atoms with Crippen molar-refractivity contribution >= 4 is 5.82 Å². The van der Waals surface area contributed by atoms with Crippen molar-refractivity contribution in [2.75, 3.05) is 19.0 Å². The first-order valence-corrected chi connectivity index (χ1v) is 4.72. The third-order valence-corrected chi connectivity index (χ3v) is 1.84. The van der Waals surface area contributed by atoms with Crippen LogP contribution in [-0.4, -0.2) is 24.2 Å². The van der Waals surface area contributed by atoms with Crippen molar-refractivity contribution < 1.29 is 4.74 Å². The number of ether oxygens (including phenoxy) is 1. The zero-order chi connectivity index (χ0) is 11.3. The number of hydrogen-bond donors (Lipinski definition) is 1. The molecule has 1 aromatic heterocycles. The number of nitrogens with zero attached hydrogens (tertiary/aromatic N) is 2. The van der Waals surface area contributed by atoms with Gasteiger partial charge in [-0.1, -0.05) is 6.07 Å². The van der Waals surface area contributed by atoms with E-state index in [-0.39, 0.29) is 5.54 Å². The molecule has 0 amide bonds. The molecule has 1 rings (SSSR count). The van der Waals surface area contributed by atoms with Crippen molar-refractivity contribution in [1.29, 1.82) is 5.26 Å². The number of pyridine rings is 1. The summed E-state index contributed by atoms with van der Waals surface area (Å²) in [4.78, 5) is 4.13. The molecule has 0 spiro atoms. The molecular weight excluding hydrogens is 190 g/mol. The fourth-order valence-corrected chi connectivity index (χ4v) is 1.31. The molecule has 0 aliphatic carbocycles. The number of aromatic nitrogens is 1. The molecule has 0 saturated heterocycles. The van der Waals surface area contributed by atoms with Crippen LogP contribution in [0.15, 0.2) is 18.2 Å². The monoisotopic (exact) mass is 205 g/mol. The standard InChI is InChI=1S/C11H15N3O/c1-11(2,8-15-3)14-10-6-4-5-9(7-12)13-10/h4-6H,8H2,1-3H3,(H,13,14). The Balaban J connectivity index is 2.76. The van der Waals surface area contributed by atoms with Gasteiger partial charge in [0.15, 0.2) is 0 Å². The number of methoxy groups -OCH3 is 1. The van der Waals surface area contributed by atoms with Gasteiger partial charge in [0.05, 0.1) is 12.1 Å². The maximum absolute atomic E-state index is 8.70. The summed E-state index contributed by atoms with van der Waals surface area (Å²) in [5.41, 5.74) is 0.212. The zero-order valence-electron chi connectivity index (χ0n) is 9.24. The van der Waals surface area contributed by atoms with Crippen LogP contribution in [0.2, 0.25) is 0 Å². The summed E-state index contributed by atoms with van der Waals surface area (Å²) in [7, 11) is 1.66. The van der Waals surface area contributed by atoms with Gasteiger partial charge in [-0.25, -0.2) is 4.98 Å². The van der Waals surface area contributed by atoms with Gasteiger partial charge in [-0.2, -0.15) is 5.26 Å². The fraction of sp³-hybridized carbons (Fsp3) is 0.455. The average Bonchev–Trinajstić information content (AvgIpc) is 2.17. The lowest BCUT2D eigenvalue weighted by molar-refractivity contribution is 0.158. The van der Waals surface area contributed by atoms with Gasteiger partial charge in [-0.15, -0.1) is 0 Å². The van der Waals surface area contributed by atoms with Crippen molar-refractivity contribution in [3.63, 3.8) is 0 Å². The van der Waals surface area contributed by atoms with Crippen LogP contribution in [0.5, 0.6) is 0 Å². The minimum absolute atomic E-state index is 0.199. The van der Waals surface area contributed by atoms with Gasteiger partial charge in [0.1, 0.15) is 17.6 Å². The molecule has 0 atom stereocenters. The Morgan fingerprint density at radius 1 is 1.53 bits per heavy atom. The van der Waals surface area contributed by atoms with Gasteiger partial charge >= 0.3 is 0 Å². The molecule has 0 fully saturated rings. The van der Waals surface area contributed by atoms with Crippen LogP contribution in [0.1, 0.15) is 19.5 Å². The van der Waals surface area contributed by atoms with Crippen LogP contribution in [0, 0.1) is 11.3 Å². The number of anilines is 1. The second-order valence-electron chi connectivity index (χ2n) is 3.96. The minimum Gasteiger partial charge on any atom is -0.382 e. The van der Waals surface area contributed by atoms with E-state index in [9.17, 15) is 0 Å². The van der Waals surface area contributed by atoms with Gasteiger partial charge in [-0.3, -0.25) is 0 Å². The Labute approximate surface area is 89.9 Å². The summed E-state index contributed by atoms with van der Waals surface area (Å²) in [6, 6.07) is 7.31. The molecule has 1 aromatic rings. The summed E-state index contributed by atoms with van der Waals surface area (Å²) in [5, 5.41) is 11.9. The fourth-order valence-electron chi connectivity index (χ4n) is 1.31. The third kappa shape index (κ3) is 3.56. The second-order valence-corrected chi connectivity index (χ2v) is 3.96. The molecule has 0 radical (unpaired) electrons. The Kier molecular flexibility index (Phi) is 3.64. The summed E-state index contributed by atoms with van der Waals surface area (Å²) in [6.45, 7) is 4.60. The molecule has 1 heterocycles. The van der Waals surface area contributed by atoms with Crippen molar-refractivity contribution in [3.05, 3.63) is 23.9 Å². The quantitative estimate of drug-likeness (QED) is 0.814. The summed E-state index contributed by atoms with van der Waals surface area (Å²) in [5.74, 6) is 0.691. The SMILES string of the molecule is COCC(C)(C)Nc1cccc(C#N)n1. The highest BCUT2D eigenvalue weighted by molar-refractivity contribution is 5.40. The molecule has 1 N–H and O–H groups in total. The third-order valence-electron chi connectivity index (χ3n) is 1.84. The number of nitriles is 1. The number of nitrogens with one attached hydrogen (secondary N) is 1. The molecular formula is C11H15N3O. The Morgan fingerprint density at radius 3 is 2.87 bits per heavy atom. The molecule has 4 heteroatoms. The highest BCUT2D eigenvalue weighted by Gasteiger charge is 2.17. The lowest BCUT2D eigenvalue weighted by atomic mass is 10.1. The molecule has 4 nitrogen and oxygen atoms in total. The molecule has 0 aliphatic heterocycles. The highest BCUT2D eigenvalue weighted by Crippen LogP contribution is 2.13. The highest BCUT2D eigenvalue weighted by atomic mass is 16.5. The van der Waals surface area contributed by atoms with Crippen LogP contribution in [-0.2, 0) is 4.74 Å². The maximum atomic E-state index is 8.70. The molecule has 80 valence electrons. The Hall–Kier alpha value is -1.60. The summed E-state index contributed by atoms with van der Waals surface area (Å²) >= 11 is 0. The van der Waals surface area contributed by atoms with E-state index in [1.807, 2.05) is 26.0 Å². The first-order chi connectivity index (χ1) is 7.07. The summed E-state index contributed by atoms with van der Waals surface area (Å²) in [6.07, 6.45) is 0. The van der Waals surface area contributed by atoms with Gasteiger partial charge in [-0.05, 0) is 26.0 Å². The van der Waals surface area contributed by atoms with Crippen molar-refractivity contribution in [2.45, 2.75) is 19.4 Å². The molecule has 0 unspecified atom stereocenters. The van der Waals surface area contributed by atoms with Gasteiger partial charge < -0.3 is 10.1 Å². The molecule has 0 bridgehead atoms. The Morgan fingerprint density at radius 2 is 2.27 bits per heavy atom. The number of hydrogen-bond acceptors (Lipinski definition) is 4. The van der Waals surface area contributed by atoms with E-state index in [0.29, 0.717) is 18.1 Å². The minimum atomic E-state index is -0.199. The first kappa shape index (κ1) is 11.5. The average molecular weight is 205 g/mol. The normalized spacial score (nSPS) is 10.8. The topological polar surface area (TPSA) is 57.9 Å². The van der Waals surface area contributed by atoms with E-state index >= 15 is 0 Å². The van der Waals surface area contributed by atoms with Gasteiger partial charge in [0.25, 0.3) is 0 Å². The van der Waals surface area contributed by atoms with E-state index in [2.05, 4.69) is 10.3 Å². The summed E-state index contributed by atoms with van der Waals surface area (Å²) < 4.78 is 5.08. The van der Waals surface area contributed by atoms with Crippen LogP contribution >= 0.6 is 0 Å². The smallest absolute Gasteiger partial charge is 0.142 e. The second kappa shape index (κ2) is 4.76. The van der Waals surface area contributed by atoms with Crippen molar-refractivity contribution in [2.24, 2.45) is 0 Å². The lowest BCUT2D eigenvalue weighted by Gasteiger charge is -2.25. The van der Waals surface area contributed by atoms with Crippen molar-refractivity contribution in [1.82, 2.24) is 4.98 Å². The predicted molar refractivity (Wildman–Crippen MR) is 58.5 cm³/mol. The molecule has 0 aromatic carbocycles. The van der Waals surface area contributed by atoms with Gasteiger partial charge in [0.2, 0.25) is 0 Å². The van der Waals surface area contributed by atoms with Crippen molar-refractivity contribution in [3.8, 4) is 6.07 Å². The van der Waals surface area contributed by atoms with Crippen LogP contribution in [0.4, 0.5) is 5.82 Å². The zero-order valence-corrected chi connectivity index (χ0v) is 9.24. The maximum Gasteiger partial charge on any atom is 0.142 e. The molecule has 0 aliphatic rings. The van der Waals surface area contributed by atoms with Gasteiger partial charge in [0, 0.05) is 7.11 Å². The van der Waals surface area contributed by atoms with E-state index in [1.165, 1.54) is 0 Å².